The van der Waals surface area contributed by atoms with Gasteiger partial charge in [-0.05, 0) is 47.9 Å². The largest absolute Gasteiger partial charge is 0.366 e. The Morgan fingerprint density at radius 1 is 1.09 bits per heavy atom. The van der Waals surface area contributed by atoms with Gasteiger partial charge in [-0.1, -0.05) is 12.1 Å². The molecule has 0 saturated carbocycles. The van der Waals surface area contributed by atoms with E-state index in [-0.39, 0.29) is 5.95 Å². The summed E-state index contributed by atoms with van der Waals surface area (Å²) in [6, 6.07) is 10.9. The number of fused-ring (bicyclic) bond motifs is 1. The lowest BCUT2D eigenvalue weighted by Gasteiger charge is -2.09. The Balaban J connectivity index is 2.10. The van der Waals surface area contributed by atoms with Crippen LogP contribution in [0.25, 0.3) is 22.2 Å². The van der Waals surface area contributed by atoms with Gasteiger partial charge < -0.3 is 5.73 Å². The molecule has 0 amide bonds. The predicted octanol–water partition coefficient (Wildman–Crippen LogP) is 1.95. The molecule has 0 aliphatic rings. The van der Waals surface area contributed by atoms with Gasteiger partial charge in [-0.3, -0.25) is 4.72 Å². The van der Waals surface area contributed by atoms with Crippen LogP contribution >= 0.6 is 0 Å². The molecule has 1 heterocycles. The summed E-state index contributed by atoms with van der Waals surface area (Å²) in [5.74, 6) is 0.132. The maximum Gasteiger partial charge on any atom is 0.240 e. The summed E-state index contributed by atoms with van der Waals surface area (Å²) in [5.41, 5.74) is 10.1. The molecular weight excluding hydrogens is 314 g/mol. The third kappa shape index (κ3) is 3.37. The lowest BCUT2D eigenvalue weighted by atomic mass is 10.0. The third-order valence-electron chi connectivity index (χ3n) is 3.27. The lowest BCUT2D eigenvalue weighted by molar-refractivity contribution is 0.607. The van der Waals surface area contributed by atoms with Gasteiger partial charge in [-0.15, -0.1) is 10.2 Å². The highest BCUT2D eigenvalue weighted by molar-refractivity contribution is 7.92. The summed E-state index contributed by atoms with van der Waals surface area (Å²) < 4.78 is 25.2. The Morgan fingerprint density at radius 2 is 1.87 bits per heavy atom. The van der Waals surface area contributed by atoms with Crippen LogP contribution in [0.1, 0.15) is 5.56 Å². The molecule has 7 nitrogen and oxygen atoms in total. The highest BCUT2D eigenvalue weighted by Crippen LogP contribution is 2.27. The first-order chi connectivity index (χ1) is 10.8. The van der Waals surface area contributed by atoms with Crippen molar-refractivity contribution in [2.45, 2.75) is 6.92 Å². The minimum Gasteiger partial charge on any atom is -0.366 e. The van der Waals surface area contributed by atoms with Gasteiger partial charge in [0.2, 0.25) is 16.0 Å². The zero-order chi connectivity index (χ0) is 16.6. The standard InChI is InChI=1S/C15H15N5O2S/c1-9-6-11(8-13-14(9)17-15(16)19-18-13)10-4-3-5-12(7-10)20-23(2,21)22/h3-8,20H,1-2H3,(H2,16,17,19). The molecule has 0 atom stereocenters. The molecule has 0 saturated heterocycles. The van der Waals surface area contributed by atoms with Crippen LogP contribution in [0, 0.1) is 6.92 Å². The second-order valence-corrected chi connectivity index (χ2v) is 7.03. The van der Waals surface area contributed by atoms with Crippen LogP contribution in [0.3, 0.4) is 0 Å². The number of aryl methyl sites for hydroxylation is 1. The van der Waals surface area contributed by atoms with Crippen molar-refractivity contribution in [3.8, 4) is 11.1 Å². The quantitative estimate of drug-likeness (QED) is 0.760. The molecule has 0 spiro atoms. The maximum absolute atomic E-state index is 11.4. The number of benzene rings is 2. The summed E-state index contributed by atoms with van der Waals surface area (Å²) in [6.07, 6.45) is 1.12. The van der Waals surface area contributed by atoms with Crippen molar-refractivity contribution in [3.63, 3.8) is 0 Å². The van der Waals surface area contributed by atoms with Crippen molar-refractivity contribution in [2.75, 3.05) is 16.7 Å². The number of hydrogen-bond donors (Lipinski definition) is 2. The van der Waals surface area contributed by atoms with Gasteiger partial charge in [-0.25, -0.2) is 13.4 Å². The van der Waals surface area contributed by atoms with Crippen LogP contribution in [-0.4, -0.2) is 29.9 Å². The van der Waals surface area contributed by atoms with E-state index in [0.717, 1.165) is 22.9 Å². The number of hydrogen-bond acceptors (Lipinski definition) is 6. The van der Waals surface area contributed by atoms with E-state index >= 15 is 0 Å². The van der Waals surface area contributed by atoms with Gasteiger partial charge in [0, 0.05) is 5.69 Å². The summed E-state index contributed by atoms with van der Waals surface area (Å²) in [6.45, 7) is 1.92. The van der Waals surface area contributed by atoms with Gasteiger partial charge in [0.15, 0.2) is 0 Å². The zero-order valence-electron chi connectivity index (χ0n) is 12.6. The molecule has 0 fully saturated rings. The molecule has 3 N–H and O–H groups in total. The number of nitrogen functional groups attached to an aromatic ring is 1. The minimum absolute atomic E-state index is 0.132. The van der Waals surface area contributed by atoms with E-state index in [1.807, 2.05) is 25.1 Å². The van der Waals surface area contributed by atoms with Crippen molar-refractivity contribution in [2.24, 2.45) is 0 Å². The van der Waals surface area contributed by atoms with Crippen LogP contribution in [0.4, 0.5) is 11.6 Å². The first-order valence-electron chi connectivity index (χ1n) is 6.80. The van der Waals surface area contributed by atoms with Crippen LogP contribution in [0.15, 0.2) is 36.4 Å². The number of nitrogens with one attached hydrogen (secondary N) is 1. The number of anilines is 2. The van der Waals surface area contributed by atoms with Gasteiger partial charge >= 0.3 is 0 Å². The van der Waals surface area contributed by atoms with Gasteiger partial charge in [0.25, 0.3) is 0 Å². The van der Waals surface area contributed by atoms with E-state index in [1.165, 1.54) is 0 Å². The molecule has 0 aliphatic heterocycles. The second kappa shape index (κ2) is 5.47. The molecular formula is C15H15N5O2S. The second-order valence-electron chi connectivity index (χ2n) is 5.29. The Hall–Kier alpha value is -2.74. The van der Waals surface area contributed by atoms with Crippen LogP contribution in [0.5, 0.6) is 0 Å². The smallest absolute Gasteiger partial charge is 0.240 e. The number of rotatable bonds is 3. The lowest BCUT2D eigenvalue weighted by Crippen LogP contribution is -2.09. The normalized spacial score (nSPS) is 11.6. The van der Waals surface area contributed by atoms with Crippen LogP contribution in [0.2, 0.25) is 0 Å². The predicted molar refractivity (Wildman–Crippen MR) is 90.4 cm³/mol. The summed E-state index contributed by atoms with van der Waals surface area (Å²) in [5, 5.41) is 7.83. The van der Waals surface area contributed by atoms with E-state index in [0.29, 0.717) is 16.7 Å². The van der Waals surface area contributed by atoms with Crippen molar-refractivity contribution in [3.05, 3.63) is 42.0 Å². The first-order valence-corrected chi connectivity index (χ1v) is 8.70. The fraction of sp³-hybridized carbons (Fsp3) is 0.133. The molecule has 0 aliphatic carbocycles. The van der Waals surface area contributed by atoms with Gasteiger partial charge in [0.05, 0.1) is 11.8 Å². The summed E-state index contributed by atoms with van der Waals surface area (Å²) >= 11 is 0. The highest BCUT2D eigenvalue weighted by Gasteiger charge is 2.08. The fourth-order valence-corrected chi connectivity index (χ4v) is 2.92. The van der Waals surface area contributed by atoms with Crippen molar-refractivity contribution >= 4 is 32.7 Å². The third-order valence-corrected chi connectivity index (χ3v) is 3.87. The van der Waals surface area contributed by atoms with Crippen molar-refractivity contribution in [1.82, 2.24) is 15.2 Å². The summed E-state index contributed by atoms with van der Waals surface area (Å²) in [4.78, 5) is 4.19. The minimum atomic E-state index is -3.32. The zero-order valence-corrected chi connectivity index (χ0v) is 13.4. The monoisotopic (exact) mass is 329 g/mol. The van der Waals surface area contributed by atoms with Gasteiger partial charge in [0.1, 0.15) is 5.52 Å². The van der Waals surface area contributed by atoms with Crippen LogP contribution < -0.4 is 10.5 Å². The van der Waals surface area contributed by atoms with Crippen molar-refractivity contribution < 1.29 is 8.42 Å². The molecule has 23 heavy (non-hydrogen) atoms. The molecule has 3 rings (SSSR count). The SMILES string of the molecule is Cc1cc(-c2cccc(NS(C)(=O)=O)c2)cc2nnc(N)nc12. The summed E-state index contributed by atoms with van der Waals surface area (Å²) in [7, 11) is -3.32. The Labute approximate surface area is 133 Å². The molecule has 2 aromatic carbocycles. The average molecular weight is 329 g/mol. The van der Waals surface area contributed by atoms with E-state index in [9.17, 15) is 8.42 Å². The average Bonchev–Trinajstić information content (AvgIpc) is 2.46. The molecule has 118 valence electrons. The van der Waals surface area contributed by atoms with E-state index in [1.54, 1.807) is 18.2 Å². The van der Waals surface area contributed by atoms with E-state index in [2.05, 4.69) is 19.9 Å². The van der Waals surface area contributed by atoms with Crippen molar-refractivity contribution in [1.29, 1.82) is 0 Å². The maximum atomic E-state index is 11.4. The first kappa shape index (κ1) is 15.2. The van der Waals surface area contributed by atoms with E-state index in [4.69, 9.17) is 5.73 Å². The molecule has 3 aromatic rings. The molecule has 0 unspecified atom stereocenters. The highest BCUT2D eigenvalue weighted by atomic mass is 32.2. The number of nitrogens with zero attached hydrogens (tertiary/aromatic N) is 3. The fourth-order valence-electron chi connectivity index (χ4n) is 2.37. The topological polar surface area (TPSA) is 111 Å². The Kier molecular flexibility index (Phi) is 3.61. The molecule has 8 heteroatoms. The molecule has 0 radical (unpaired) electrons. The Morgan fingerprint density at radius 3 is 2.61 bits per heavy atom. The number of nitrogens with two attached hydrogens (primary N) is 1. The van der Waals surface area contributed by atoms with Gasteiger partial charge in [-0.2, -0.15) is 0 Å². The molecule has 0 bridgehead atoms. The molecule has 1 aromatic heterocycles. The van der Waals surface area contributed by atoms with E-state index < -0.39 is 10.0 Å². The van der Waals surface area contributed by atoms with Crippen LogP contribution in [-0.2, 0) is 10.0 Å². The number of aromatic nitrogens is 3. The number of sulfonamides is 1. The Bertz CT molecular complexity index is 1000.